The summed E-state index contributed by atoms with van der Waals surface area (Å²) in [7, 11) is 0. The van der Waals surface area contributed by atoms with Crippen LogP contribution in [0, 0.1) is 0 Å². The van der Waals surface area contributed by atoms with E-state index in [1.165, 1.54) is 103 Å². The zero-order chi connectivity index (χ0) is 17.6. The fourth-order valence-electron chi connectivity index (χ4n) is 3.12. The fourth-order valence-corrected chi connectivity index (χ4v) is 3.12. The molecule has 0 unspecified atom stereocenters. The smallest absolute Gasteiger partial charge is 0.0603 e. The summed E-state index contributed by atoms with van der Waals surface area (Å²) in [6, 6.07) is 0. The van der Waals surface area contributed by atoms with Gasteiger partial charge in [-0.1, -0.05) is 109 Å². The van der Waals surface area contributed by atoms with Gasteiger partial charge in [0.2, 0.25) is 0 Å². The van der Waals surface area contributed by atoms with Gasteiger partial charge in [-0.25, -0.2) is 0 Å². The number of unbranched alkanes of at least 4 members (excludes halogenated alkanes) is 16. The maximum Gasteiger partial charge on any atom is 0.0603 e. The van der Waals surface area contributed by atoms with E-state index < -0.39 is 0 Å². The van der Waals surface area contributed by atoms with E-state index in [-0.39, 0.29) is 6.61 Å². The van der Waals surface area contributed by atoms with Crippen LogP contribution in [0.1, 0.15) is 116 Å². The minimum atomic E-state index is 0.212. The molecular weight excluding hydrogens is 294 g/mol. The van der Waals surface area contributed by atoms with Crippen molar-refractivity contribution in [2.75, 3.05) is 13.2 Å². The average Bonchev–Trinajstić information content (AvgIpc) is 2.60. The Balaban J connectivity index is 2.99. The minimum Gasteiger partial charge on any atom is -0.395 e. The third kappa shape index (κ3) is 21.5. The molecular formula is C22H45NO. The molecule has 0 heterocycles. The molecule has 0 aromatic heterocycles. The van der Waals surface area contributed by atoms with Crippen molar-refractivity contribution in [3.63, 3.8) is 0 Å². The molecule has 0 fully saturated rings. The molecule has 2 nitrogen and oxygen atoms in total. The molecule has 0 aliphatic carbocycles. The number of hydrogen-bond acceptors (Lipinski definition) is 2. The second-order valence-electron chi connectivity index (χ2n) is 7.17. The molecule has 0 amide bonds. The molecule has 0 aliphatic rings. The quantitative estimate of drug-likeness (QED) is 0.241. The standard InChI is InChI=1S/C22H45NO/c1-2-3-4-5-6-7-8-9-10-11-12-13-14-15-16-17-18-19-20-23-21-22-24/h19-20,23-24H,2-18,21-22H2,1H3. The van der Waals surface area contributed by atoms with Gasteiger partial charge >= 0.3 is 0 Å². The molecule has 144 valence electrons. The van der Waals surface area contributed by atoms with Crippen LogP contribution < -0.4 is 5.32 Å². The minimum absolute atomic E-state index is 0.212. The van der Waals surface area contributed by atoms with Gasteiger partial charge in [-0.15, -0.1) is 0 Å². The van der Waals surface area contributed by atoms with Crippen molar-refractivity contribution in [3.05, 3.63) is 12.3 Å². The number of hydrogen-bond donors (Lipinski definition) is 2. The average molecular weight is 340 g/mol. The Morgan fingerprint density at radius 2 is 1.04 bits per heavy atom. The van der Waals surface area contributed by atoms with E-state index in [1.54, 1.807) is 0 Å². The molecule has 0 rings (SSSR count). The zero-order valence-corrected chi connectivity index (χ0v) is 16.5. The molecule has 24 heavy (non-hydrogen) atoms. The monoisotopic (exact) mass is 339 g/mol. The largest absolute Gasteiger partial charge is 0.395 e. The second kappa shape index (κ2) is 22.5. The molecule has 0 atom stereocenters. The van der Waals surface area contributed by atoms with E-state index in [1.807, 2.05) is 6.20 Å². The van der Waals surface area contributed by atoms with Crippen LogP contribution in [0.2, 0.25) is 0 Å². The van der Waals surface area contributed by atoms with Gasteiger partial charge in [-0.3, -0.25) is 0 Å². The zero-order valence-electron chi connectivity index (χ0n) is 16.5. The highest BCUT2D eigenvalue weighted by Gasteiger charge is 1.94. The number of allylic oxidation sites excluding steroid dienone is 1. The summed E-state index contributed by atoms with van der Waals surface area (Å²) in [6.45, 7) is 3.16. The van der Waals surface area contributed by atoms with Gasteiger partial charge in [-0.05, 0) is 19.0 Å². The van der Waals surface area contributed by atoms with E-state index >= 15 is 0 Å². The summed E-state index contributed by atoms with van der Waals surface area (Å²) in [5.74, 6) is 0. The van der Waals surface area contributed by atoms with Gasteiger partial charge in [-0.2, -0.15) is 0 Å². The number of rotatable bonds is 20. The summed E-state index contributed by atoms with van der Waals surface area (Å²) in [5, 5.41) is 11.7. The van der Waals surface area contributed by atoms with Gasteiger partial charge in [0.05, 0.1) is 6.61 Å². The Hall–Kier alpha value is -0.500. The molecule has 0 radical (unpaired) electrons. The molecule has 0 aromatic rings. The maximum absolute atomic E-state index is 8.62. The summed E-state index contributed by atoms with van der Waals surface area (Å²) in [6.07, 6.45) is 28.2. The van der Waals surface area contributed by atoms with Crippen LogP contribution in [-0.4, -0.2) is 18.3 Å². The van der Waals surface area contributed by atoms with Crippen molar-refractivity contribution >= 4 is 0 Å². The Kier molecular flexibility index (Phi) is 22.0. The Morgan fingerprint density at radius 1 is 0.625 bits per heavy atom. The van der Waals surface area contributed by atoms with Crippen molar-refractivity contribution in [1.29, 1.82) is 0 Å². The SMILES string of the molecule is CCCCCCCCCCCCCCCCCCC=CNCCO. The van der Waals surface area contributed by atoms with E-state index in [2.05, 4.69) is 18.3 Å². The molecule has 0 spiro atoms. The Bertz CT molecular complexity index is 240. The van der Waals surface area contributed by atoms with Crippen LogP contribution in [0.15, 0.2) is 12.3 Å². The first kappa shape index (κ1) is 23.5. The predicted octanol–water partition coefficient (Wildman–Crippen LogP) is 6.73. The van der Waals surface area contributed by atoms with E-state index in [9.17, 15) is 0 Å². The van der Waals surface area contributed by atoms with E-state index in [0.29, 0.717) is 6.54 Å². The third-order valence-corrected chi connectivity index (χ3v) is 4.72. The fraction of sp³-hybridized carbons (Fsp3) is 0.909. The summed E-state index contributed by atoms with van der Waals surface area (Å²) >= 11 is 0. The van der Waals surface area contributed by atoms with Crippen LogP contribution in [0.3, 0.4) is 0 Å². The van der Waals surface area contributed by atoms with Gasteiger partial charge in [0.25, 0.3) is 0 Å². The van der Waals surface area contributed by atoms with Crippen LogP contribution >= 0.6 is 0 Å². The van der Waals surface area contributed by atoms with Crippen molar-refractivity contribution < 1.29 is 5.11 Å². The summed E-state index contributed by atoms with van der Waals surface area (Å²) in [5.41, 5.74) is 0. The van der Waals surface area contributed by atoms with Gasteiger partial charge in [0.15, 0.2) is 0 Å². The molecule has 0 aliphatic heterocycles. The Morgan fingerprint density at radius 3 is 1.46 bits per heavy atom. The normalized spacial score (nSPS) is 11.4. The van der Waals surface area contributed by atoms with Crippen molar-refractivity contribution in [2.24, 2.45) is 0 Å². The molecule has 0 saturated carbocycles. The highest BCUT2D eigenvalue weighted by atomic mass is 16.3. The maximum atomic E-state index is 8.62. The van der Waals surface area contributed by atoms with Crippen molar-refractivity contribution in [3.8, 4) is 0 Å². The number of aliphatic hydroxyl groups excluding tert-OH is 1. The molecule has 2 heteroatoms. The lowest BCUT2D eigenvalue weighted by molar-refractivity contribution is 0.298. The molecule has 0 aromatic carbocycles. The second-order valence-corrected chi connectivity index (χ2v) is 7.17. The predicted molar refractivity (Wildman–Crippen MR) is 108 cm³/mol. The molecule has 0 saturated heterocycles. The highest BCUT2D eigenvalue weighted by molar-refractivity contribution is 4.78. The van der Waals surface area contributed by atoms with Gasteiger partial charge < -0.3 is 10.4 Å². The number of aliphatic hydroxyl groups is 1. The summed E-state index contributed by atoms with van der Waals surface area (Å²) < 4.78 is 0. The van der Waals surface area contributed by atoms with E-state index in [4.69, 9.17) is 5.11 Å². The Labute approximate surface area is 152 Å². The lowest BCUT2D eigenvalue weighted by atomic mass is 10.0. The topological polar surface area (TPSA) is 32.3 Å². The van der Waals surface area contributed by atoms with Gasteiger partial charge in [0, 0.05) is 6.54 Å². The lowest BCUT2D eigenvalue weighted by Gasteiger charge is -2.03. The lowest BCUT2D eigenvalue weighted by Crippen LogP contribution is -2.10. The van der Waals surface area contributed by atoms with Crippen LogP contribution in [0.25, 0.3) is 0 Å². The van der Waals surface area contributed by atoms with Gasteiger partial charge in [0.1, 0.15) is 0 Å². The van der Waals surface area contributed by atoms with Crippen LogP contribution in [0.4, 0.5) is 0 Å². The first-order valence-corrected chi connectivity index (χ1v) is 10.9. The highest BCUT2D eigenvalue weighted by Crippen LogP contribution is 2.13. The summed E-state index contributed by atoms with van der Waals surface area (Å²) in [4.78, 5) is 0. The van der Waals surface area contributed by atoms with Crippen LogP contribution in [0.5, 0.6) is 0 Å². The van der Waals surface area contributed by atoms with Crippen molar-refractivity contribution in [1.82, 2.24) is 5.32 Å². The number of nitrogens with one attached hydrogen (secondary N) is 1. The van der Waals surface area contributed by atoms with E-state index in [0.717, 1.165) is 6.42 Å². The van der Waals surface area contributed by atoms with Crippen molar-refractivity contribution in [2.45, 2.75) is 116 Å². The molecule has 0 bridgehead atoms. The molecule has 2 N–H and O–H groups in total. The van der Waals surface area contributed by atoms with Crippen LogP contribution in [-0.2, 0) is 0 Å². The third-order valence-electron chi connectivity index (χ3n) is 4.72. The first-order valence-electron chi connectivity index (χ1n) is 10.9. The first-order chi connectivity index (χ1) is 11.9.